The number of rotatable bonds is 1. The van der Waals surface area contributed by atoms with Crippen LogP contribution in [0.25, 0.3) is 0 Å². The number of esters is 1. The zero-order valence-electron chi connectivity index (χ0n) is 16.2. The molecule has 0 radical (unpaired) electrons. The third-order valence-electron chi connectivity index (χ3n) is 8.80. The van der Waals surface area contributed by atoms with Gasteiger partial charge in [0.2, 0.25) is 0 Å². The van der Waals surface area contributed by atoms with Crippen molar-refractivity contribution in [3.8, 4) is 0 Å². The second-order valence-corrected chi connectivity index (χ2v) is 11.1. The number of ether oxygens (including phenoxy) is 1. The van der Waals surface area contributed by atoms with E-state index in [1.54, 1.807) is 10.5 Å². The fourth-order valence-electron chi connectivity index (χ4n) is 7.56. The van der Waals surface area contributed by atoms with Gasteiger partial charge in [0.25, 0.3) is 0 Å². The molecule has 4 aliphatic rings. The van der Waals surface area contributed by atoms with Gasteiger partial charge in [-0.05, 0) is 106 Å². The van der Waals surface area contributed by atoms with Crippen molar-refractivity contribution in [3.05, 3.63) is 9.66 Å². The van der Waals surface area contributed by atoms with Crippen molar-refractivity contribution >= 4 is 28.6 Å². The van der Waals surface area contributed by atoms with Gasteiger partial charge >= 0.3 is 5.97 Å². The predicted molar refractivity (Wildman–Crippen MR) is 109 cm³/mol. The summed E-state index contributed by atoms with van der Waals surface area (Å²) in [5.41, 5.74) is 0.911. The van der Waals surface area contributed by atoms with Crippen molar-refractivity contribution in [2.75, 3.05) is 0 Å². The number of hydrogen-bond acceptors (Lipinski definition) is 2. The van der Waals surface area contributed by atoms with Gasteiger partial charge in [0, 0.05) is 12.3 Å². The normalized spacial score (nSPS) is 51.8. The van der Waals surface area contributed by atoms with E-state index in [0.29, 0.717) is 10.8 Å². The van der Waals surface area contributed by atoms with Gasteiger partial charge < -0.3 is 4.74 Å². The van der Waals surface area contributed by atoms with E-state index < -0.39 is 0 Å². The SMILES string of the molecule is CC(=O)O[C@H]1CC[C@@]2(C)C(C1)C(C)C[C@@H]1[C@@H]2CC[C@]2(C)C(I)=CC[C@@H]12. The molecule has 2 unspecified atom stereocenters. The highest BCUT2D eigenvalue weighted by molar-refractivity contribution is 14.1. The summed E-state index contributed by atoms with van der Waals surface area (Å²) in [5.74, 6) is 4.01. The fourth-order valence-corrected chi connectivity index (χ4v) is 8.48. The Morgan fingerprint density at radius 1 is 1.16 bits per heavy atom. The molecule has 0 bridgehead atoms. The Morgan fingerprint density at radius 2 is 1.92 bits per heavy atom. The Hall–Kier alpha value is -0.0600. The summed E-state index contributed by atoms with van der Waals surface area (Å²) >= 11 is 2.62. The van der Waals surface area contributed by atoms with Crippen LogP contribution in [-0.2, 0) is 9.53 Å². The molecule has 3 saturated carbocycles. The van der Waals surface area contributed by atoms with Gasteiger partial charge in [0.1, 0.15) is 6.10 Å². The van der Waals surface area contributed by atoms with Gasteiger partial charge in [-0.1, -0.05) is 26.8 Å². The molecular formula is C22H33IO2. The van der Waals surface area contributed by atoms with E-state index in [1.165, 1.54) is 32.1 Å². The molecule has 2 nitrogen and oxygen atoms in total. The van der Waals surface area contributed by atoms with Crippen molar-refractivity contribution in [3.63, 3.8) is 0 Å². The Kier molecular flexibility index (Phi) is 4.57. The molecule has 0 spiro atoms. The first-order valence-electron chi connectivity index (χ1n) is 10.3. The van der Waals surface area contributed by atoms with Crippen LogP contribution in [-0.4, -0.2) is 12.1 Å². The first-order chi connectivity index (χ1) is 11.8. The molecular weight excluding hydrogens is 423 g/mol. The lowest BCUT2D eigenvalue weighted by atomic mass is 9.43. The van der Waals surface area contributed by atoms with Gasteiger partial charge in [-0.15, -0.1) is 0 Å². The summed E-state index contributed by atoms with van der Waals surface area (Å²) in [6.45, 7) is 9.17. The van der Waals surface area contributed by atoms with Crippen LogP contribution >= 0.6 is 22.6 Å². The highest BCUT2D eigenvalue weighted by atomic mass is 127. The Labute approximate surface area is 166 Å². The van der Waals surface area contributed by atoms with Crippen molar-refractivity contribution in [1.82, 2.24) is 0 Å². The maximum atomic E-state index is 11.4. The number of carbonyl (C=O) groups is 1. The minimum atomic E-state index is -0.102. The third-order valence-corrected chi connectivity index (χ3v) is 10.5. The van der Waals surface area contributed by atoms with Crippen molar-refractivity contribution < 1.29 is 9.53 Å². The smallest absolute Gasteiger partial charge is 0.302 e. The first kappa shape index (κ1) is 18.3. The van der Waals surface area contributed by atoms with Crippen LogP contribution in [0, 0.1) is 40.4 Å². The van der Waals surface area contributed by atoms with Crippen LogP contribution in [0.5, 0.6) is 0 Å². The van der Waals surface area contributed by atoms with Crippen molar-refractivity contribution in [2.24, 2.45) is 40.4 Å². The van der Waals surface area contributed by atoms with Crippen LogP contribution < -0.4 is 0 Å². The third kappa shape index (κ3) is 2.73. The molecule has 0 heterocycles. The van der Waals surface area contributed by atoms with Crippen LogP contribution in [0.2, 0.25) is 0 Å². The Balaban J connectivity index is 1.59. The molecule has 4 rings (SSSR count). The monoisotopic (exact) mass is 456 g/mol. The molecule has 0 aromatic rings. The van der Waals surface area contributed by atoms with Crippen molar-refractivity contribution in [1.29, 1.82) is 0 Å². The van der Waals surface area contributed by atoms with E-state index in [0.717, 1.165) is 42.4 Å². The summed E-state index contributed by atoms with van der Waals surface area (Å²) in [6, 6.07) is 0. The molecule has 3 heteroatoms. The minimum absolute atomic E-state index is 0.102. The van der Waals surface area contributed by atoms with Crippen molar-refractivity contribution in [2.45, 2.75) is 78.7 Å². The highest BCUT2D eigenvalue weighted by Crippen LogP contribution is 2.68. The molecule has 4 aliphatic carbocycles. The standard InChI is InChI=1S/C22H33IO2/c1-13-11-16-17-5-6-20(23)22(17,4)10-8-18(16)21(3)9-7-15(12-19(13)21)25-14(2)24/h6,13,15-19H,5,7-12H2,1-4H3/t13?,15-,16-,17-,18-,19?,21+,22-/m0/s1. The van der Waals surface area contributed by atoms with Crippen LogP contribution in [0.3, 0.4) is 0 Å². The average Bonchev–Trinajstić information content (AvgIpc) is 2.84. The summed E-state index contributed by atoms with van der Waals surface area (Å²) in [7, 11) is 0. The maximum absolute atomic E-state index is 11.4. The molecule has 25 heavy (non-hydrogen) atoms. The number of allylic oxidation sites excluding steroid dienone is 2. The van der Waals surface area contributed by atoms with Gasteiger partial charge in [0.05, 0.1) is 0 Å². The van der Waals surface area contributed by atoms with Crippen LogP contribution in [0.1, 0.15) is 72.6 Å². The van der Waals surface area contributed by atoms with E-state index in [2.05, 4.69) is 49.4 Å². The van der Waals surface area contributed by atoms with E-state index >= 15 is 0 Å². The lowest BCUT2D eigenvalue weighted by molar-refractivity contribution is -0.165. The highest BCUT2D eigenvalue weighted by Gasteiger charge is 2.60. The van der Waals surface area contributed by atoms with Gasteiger partial charge in [-0.3, -0.25) is 4.79 Å². The second-order valence-electron chi connectivity index (χ2n) is 9.95. The lowest BCUT2D eigenvalue weighted by Gasteiger charge is -2.62. The summed E-state index contributed by atoms with van der Waals surface area (Å²) in [6.07, 6.45) is 11.6. The second kappa shape index (κ2) is 6.24. The summed E-state index contributed by atoms with van der Waals surface area (Å²) < 4.78 is 7.25. The van der Waals surface area contributed by atoms with Crippen LogP contribution in [0.4, 0.5) is 0 Å². The number of carbonyl (C=O) groups excluding carboxylic acids is 1. The van der Waals surface area contributed by atoms with Gasteiger partial charge in [-0.2, -0.15) is 0 Å². The zero-order valence-corrected chi connectivity index (χ0v) is 18.3. The predicted octanol–water partition coefficient (Wildman–Crippen LogP) is 6.14. The van der Waals surface area contributed by atoms with E-state index in [4.69, 9.17) is 4.74 Å². The number of fused-ring (bicyclic) bond motifs is 5. The minimum Gasteiger partial charge on any atom is -0.463 e. The lowest BCUT2D eigenvalue weighted by Crippen LogP contribution is -2.56. The van der Waals surface area contributed by atoms with E-state index in [1.807, 2.05) is 0 Å². The molecule has 0 aliphatic heterocycles. The van der Waals surface area contributed by atoms with Crippen LogP contribution in [0.15, 0.2) is 9.66 Å². The Morgan fingerprint density at radius 3 is 2.64 bits per heavy atom. The molecule has 8 atom stereocenters. The molecule has 0 aromatic carbocycles. The average molecular weight is 456 g/mol. The molecule has 3 fully saturated rings. The molecule has 0 N–H and O–H groups in total. The summed E-state index contributed by atoms with van der Waals surface area (Å²) in [4.78, 5) is 11.4. The number of halogens is 1. The number of hydrogen-bond donors (Lipinski definition) is 0. The van der Waals surface area contributed by atoms with E-state index in [-0.39, 0.29) is 12.1 Å². The van der Waals surface area contributed by atoms with E-state index in [9.17, 15) is 4.79 Å². The maximum Gasteiger partial charge on any atom is 0.302 e. The molecule has 0 aromatic heterocycles. The molecule has 140 valence electrons. The van der Waals surface area contributed by atoms with Gasteiger partial charge in [-0.25, -0.2) is 0 Å². The first-order valence-corrected chi connectivity index (χ1v) is 11.4. The fraction of sp³-hybridized carbons (Fsp3) is 0.864. The zero-order chi connectivity index (χ0) is 18.0. The van der Waals surface area contributed by atoms with Gasteiger partial charge in [0.15, 0.2) is 0 Å². The quantitative estimate of drug-likeness (QED) is 0.350. The molecule has 0 amide bonds. The Bertz CT molecular complexity index is 599. The largest absolute Gasteiger partial charge is 0.463 e. The topological polar surface area (TPSA) is 26.3 Å². The molecule has 0 saturated heterocycles. The summed E-state index contributed by atoms with van der Waals surface area (Å²) in [5, 5.41) is 0.